The molecule has 1 unspecified atom stereocenters. The minimum absolute atomic E-state index is 0.0742. The lowest BCUT2D eigenvalue weighted by atomic mass is 10.1. The molecule has 0 amide bonds. The lowest BCUT2D eigenvalue weighted by Crippen LogP contribution is -2.11. The Balaban J connectivity index is 3.09. The molecule has 1 atom stereocenters. The van der Waals surface area contributed by atoms with Crippen molar-refractivity contribution in [2.24, 2.45) is 0 Å². The summed E-state index contributed by atoms with van der Waals surface area (Å²) in [6.45, 7) is -0.551. The zero-order valence-corrected chi connectivity index (χ0v) is 7.49. The van der Waals surface area contributed by atoms with Crippen LogP contribution in [0.2, 0.25) is 0 Å². The first-order chi connectivity index (χ1) is 6.99. The molecule has 1 rings (SSSR count). The van der Waals surface area contributed by atoms with Gasteiger partial charge in [-0.25, -0.2) is 4.98 Å². The van der Waals surface area contributed by atoms with Crippen molar-refractivity contribution in [3.8, 4) is 6.07 Å². The van der Waals surface area contributed by atoms with Crippen LogP contribution in [0.5, 0.6) is 0 Å². The largest absolute Gasteiger partial charge is 0.433 e. The molecule has 0 aliphatic rings. The SMILES string of the molecule is N#CC(CO)c1cccc(C(F)(F)F)n1. The number of hydrogen-bond donors (Lipinski definition) is 1. The summed E-state index contributed by atoms with van der Waals surface area (Å²) < 4.78 is 36.7. The van der Waals surface area contributed by atoms with E-state index in [9.17, 15) is 13.2 Å². The maximum Gasteiger partial charge on any atom is 0.433 e. The number of rotatable bonds is 2. The lowest BCUT2D eigenvalue weighted by molar-refractivity contribution is -0.141. The number of pyridine rings is 1. The average Bonchev–Trinajstić information content (AvgIpc) is 2.19. The minimum Gasteiger partial charge on any atom is -0.395 e. The monoisotopic (exact) mass is 216 g/mol. The van der Waals surface area contributed by atoms with Gasteiger partial charge in [0.25, 0.3) is 0 Å². The van der Waals surface area contributed by atoms with Crippen molar-refractivity contribution in [2.75, 3.05) is 6.61 Å². The first-order valence-corrected chi connectivity index (χ1v) is 4.03. The molecule has 1 heterocycles. The Bertz CT molecular complexity index is 384. The third kappa shape index (κ3) is 2.67. The van der Waals surface area contributed by atoms with Gasteiger partial charge in [-0.2, -0.15) is 18.4 Å². The van der Waals surface area contributed by atoms with E-state index in [-0.39, 0.29) is 5.69 Å². The Morgan fingerprint density at radius 1 is 1.47 bits per heavy atom. The van der Waals surface area contributed by atoms with Crippen LogP contribution in [0.4, 0.5) is 13.2 Å². The van der Waals surface area contributed by atoms with Gasteiger partial charge < -0.3 is 5.11 Å². The summed E-state index contributed by atoms with van der Waals surface area (Å²) in [5.74, 6) is -1.02. The molecule has 3 nitrogen and oxygen atoms in total. The zero-order valence-electron chi connectivity index (χ0n) is 7.49. The van der Waals surface area contributed by atoms with E-state index in [1.54, 1.807) is 6.07 Å². The highest BCUT2D eigenvalue weighted by molar-refractivity contribution is 5.21. The number of aliphatic hydroxyl groups is 1. The molecule has 80 valence electrons. The van der Waals surface area contributed by atoms with E-state index in [1.165, 1.54) is 6.07 Å². The first kappa shape index (κ1) is 11.5. The van der Waals surface area contributed by atoms with Crippen LogP contribution in [0.1, 0.15) is 17.3 Å². The fourth-order valence-electron chi connectivity index (χ4n) is 1.00. The van der Waals surface area contributed by atoms with Gasteiger partial charge in [-0.1, -0.05) is 6.07 Å². The van der Waals surface area contributed by atoms with Crippen LogP contribution >= 0.6 is 0 Å². The Morgan fingerprint density at radius 3 is 2.60 bits per heavy atom. The van der Waals surface area contributed by atoms with E-state index < -0.39 is 24.4 Å². The van der Waals surface area contributed by atoms with Crippen LogP contribution in [0.3, 0.4) is 0 Å². The van der Waals surface area contributed by atoms with Crippen LogP contribution in [-0.2, 0) is 6.18 Å². The molecule has 1 aromatic rings. The molecular formula is C9H7F3N2O. The van der Waals surface area contributed by atoms with Gasteiger partial charge in [-0.3, -0.25) is 0 Å². The van der Waals surface area contributed by atoms with Crippen molar-refractivity contribution in [1.82, 2.24) is 4.98 Å². The van der Waals surface area contributed by atoms with E-state index in [1.807, 2.05) is 0 Å². The minimum atomic E-state index is -4.54. The van der Waals surface area contributed by atoms with Crippen molar-refractivity contribution in [2.45, 2.75) is 12.1 Å². The maximum absolute atomic E-state index is 12.2. The van der Waals surface area contributed by atoms with Crippen LogP contribution in [0, 0.1) is 11.3 Å². The highest BCUT2D eigenvalue weighted by Gasteiger charge is 2.32. The van der Waals surface area contributed by atoms with Gasteiger partial charge in [0.1, 0.15) is 11.6 Å². The Kier molecular flexibility index (Phi) is 3.27. The summed E-state index contributed by atoms with van der Waals surface area (Å²) in [4.78, 5) is 3.28. The van der Waals surface area contributed by atoms with Crippen molar-refractivity contribution in [3.63, 3.8) is 0 Å². The lowest BCUT2D eigenvalue weighted by Gasteiger charge is -2.09. The Labute approximate surface area is 83.8 Å². The first-order valence-electron chi connectivity index (χ1n) is 4.03. The number of hydrogen-bond acceptors (Lipinski definition) is 3. The smallest absolute Gasteiger partial charge is 0.395 e. The van der Waals surface area contributed by atoms with Gasteiger partial charge in [-0.15, -0.1) is 0 Å². The number of nitrogens with zero attached hydrogens (tertiary/aromatic N) is 2. The molecule has 1 N–H and O–H groups in total. The molecule has 15 heavy (non-hydrogen) atoms. The van der Waals surface area contributed by atoms with E-state index in [4.69, 9.17) is 10.4 Å². The molecule has 0 fully saturated rings. The van der Waals surface area contributed by atoms with Crippen molar-refractivity contribution in [1.29, 1.82) is 5.26 Å². The summed E-state index contributed by atoms with van der Waals surface area (Å²) >= 11 is 0. The van der Waals surface area contributed by atoms with Crippen molar-refractivity contribution in [3.05, 3.63) is 29.6 Å². The molecule has 0 spiro atoms. The summed E-state index contributed by atoms with van der Waals surface area (Å²) in [7, 11) is 0. The molecule has 0 bridgehead atoms. The van der Waals surface area contributed by atoms with Crippen molar-refractivity contribution >= 4 is 0 Å². The number of nitriles is 1. The number of halogens is 3. The Hall–Kier alpha value is -1.61. The number of alkyl halides is 3. The van der Waals surface area contributed by atoms with Gasteiger partial charge in [0.05, 0.1) is 18.4 Å². The molecule has 0 saturated carbocycles. The highest BCUT2D eigenvalue weighted by Crippen LogP contribution is 2.28. The Morgan fingerprint density at radius 2 is 2.13 bits per heavy atom. The molecule has 0 radical (unpaired) electrons. The molecule has 0 aliphatic heterocycles. The standard InChI is InChI=1S/C9H7F3N2O/c10-9(11,12)8-3-1-2-7(14-8)6(4-13)5-15/h1-3,6,15H,5H2. The van der Waals surface area contributed by atoms with Gasteiger partial charge >= 0.3 is 6.18 Å². The van der Waals surface area contributed by atoms with Gasteiger partial charge in [0, 0.05) is 0 Å². The van der Waals surface area contributed by atoms with E-state index in [0.29, 0.717) is 0 Å². The second-order valence-electron chi connectivity index (χ2n) is 2.81. The van der Waals surface area contributed by atoms with Crippen LogP contribution < -0.4 is 0 Å². The quantitative estimate of drug-likeness (QED) is 0.818. The molecule has 0 saturated heterocycles. The molecule has 0 aliphatic carbocycles. The predicted octanol–water partition coefficient (Wildman–Crippen LogP) is 1.70. The molecule has 0 aromatic carbocycles. The highest BCUT2D eigenvalue weighted by atomic mass is 19.4. The second-order valence-corrected chi connectivity index (χ2v) is 2.81. The average molecular weight is 216 g/mol. The van der Waals surface area contributed by atoms with Crippen LogP contribution in [0.15, 0.2) is 18.2 Å². The zero-order chi connectivity index (χ0) is 11.5. The van der Waals surface area contributed by atoms with Gasteiger partial charge in [0.2, 0.25) is 0 Å². The predicted molar refractivity (Wildman–Crippen MR) is 44.7 cm³/mol. The van der Waals surface area contributed by atoms with E-state index in [0.717, 1.165) is 12.1 Å². The fraction of sp³-hybridized carbons (Fsp3) is 0.333. The molecule has 1 aromatic heterocycles. The second kappa shape index (κ2) is 4.28. The van der Waals surface area contributed by atoms with Crippen LogP contribution in [-0.4, -0.2) is 16.7 Å². The summed E-state index contributed by atoms with van der Waals surface area (Å²) in [6, 6.07) is 4.92. The summed E-state index contributed by atoms with van der Waals surface area (Å²) in [5.41, 5.74) is -1.14. The third-order valence-corrected chi connectivity index (χ3v) is 1.76. The molecular weight excluding hydrogens is 209 g/mol. The van der Waals surface area contributed by atoms with Gasteiger partial charge in [0.15, 0.2) is 0 Å². The van der Waals surface area contributed by atoms with E-state index in [2.05, 4.69) is 4.98 Å². The summed E-state index contributed by atoms with van der Waals surface area (Å²) in [6.07, 6.45) is -4.54. The van der Waals surface area contributed by atoms with Crippen molar-refractivity contribution < 1.29 is 18.3 Å². The van der Waals surface area contributed by atoms with E-state index >= 15 is 0 Å². The molecule has 6 heteroatoms. The number of aromatic nitrogens is 1. The topological polar surface area (TPSA) is 56.9 Å². The fourth-order valence-corrected chi connectivity index (χ4v) is 1.00. The number of aliphatic hydroxyl groups excluding tert-OH is 1. The summed E-state index contributed by atoms with van der Waals surface area (Å²) in [5, 5.41) is 17.3. The maximum atomic E-state index is 12.2. The third-order valence-electron chi connectivity index (χ3n) is 1.76. The normalized spacial score (nSPS) is 13.3. The van der Waals surface area contributed by atoms with Crippen LogP contribution in [0.25, 0.3) is 0 Å². The van der Waals surface area contributed by atoms with Gasteiger partial charge in [-0.05, 0) is 12.1 Å².